The van der Waals surface area contributed by atoms with E-state index in [9.17, 15) is 4.79 Å². The van der Waals surface area contributed by atoms with Crippen LogP contribution in [0.3, 0.4) is 0 Å². The lowest BCUT2D eigenvalue weighted by Gasteiger charge is -2.13. The molecule has 0 saturated heterocycles. The van der Waals surface area contributed by atoms with Crippen molar-refractivity contribution in [1.29, 1.82) is 0 Å². The SMILES string of the molecule is O=C(Nc1ccccc1OCc1ccccc1)c1ccc(OCCc2ccccc2)c(Br)c1. The zero-order valence-electron chi connectivity index (χ0n) is 18.0. The van der Waals surface area contributed by atoms with Crippen molar-refractivity contribution < 1.29 is 14.3 Å². The molecule has 0 atom stereocenters. The Labute approximate surface area is 202 Å². The average molecular weight is 502 g/mol. The standard InChI is InChI=1S/C28H24BrNO3/c29-24-19-23(15-16-26(24)32-18-17-21-9-3-1-4-10-21)28(31)30-25-13-7-8-14-27(25)33-20-22-11-5-2-6-12-22/h1-16,19H,17-18,20H2,(H,30,31). The first-order valence-electron chi connectivity index (χ1n) is 10.7. The molecular formula is C28H24BrNO3. The van der Waals surface area contributed by atoms with Gasteiger partial charge in [0.2, 0.25) is 0 Å². The highest BCUT2D eigenvalue weighted by atomic mass is 79.9. The molecule has 0 fully saturated rings. The van der Waals surface area contributed by atoms with Crippen molar-refractivity contribution >= 4 is 27.5 Å². The summed E-state index contributed by atoms with van der Waals surface area (Å²) < 4.78 is 12.6. The molecule has 1 N–H and O–H groups in total. The zero-order valence-corrected chi connectivity index (χ0v) is 19.6. The van der Waals surface area contributed by atoms with E-state index in [-0.39, 0.29) is 5.91 Å². The number of nitrogens with one attached hydrogen (secondary N) is 1. The van der Waals surface area contributed by atoms with Gasteiger partial charge in [-0.1, -0.05) is 72.8 Å². The fraction of sp³-hybridized carbons (Fsp3) is 0.107. The summed E-state index contributed by atoms with van der Waals surface area (Å²) in [5, 5.41) is 2.95. The molecule has 0 radical (unpaired) electrons. The van der Waals surface area contributed by atoms with Gasteiger partial charge < -0.3 is 14.8 Å². The topological polar surface area (TPSA) is 47.6 Å². The summed E-state index contributed by atoms with van der Waals surface area (Å²) in [5.41, 5.74) is 3.43. The fourth-order valence-electron chi connectivity index (χ4n) is 3.31. The number of hydrogen-bond acceptors (Lipinski definition) is 3. The van der Waals surface area contributed by atoms with Crippen LogP contribution < -0.4 is 14.8 Å². The van der Waals surface area contributed by atoms with Gasteiger partial charge in [0.25, 0.3) is 5.91 Å². The number of halogens is 1. The third-order valence-electron chi connectivity index (χ3n) is 5.06. The molecule has 0 spiro atoms. The smallest absolute Gasteiger partial charge is 0.255 e. The molecular weight excluding hydrogens is 478 g/mol. The molecule has 0 aliphatic heterocycles. The largest absolute Gasteiger partial charge is 0.492 e. The molecule has 166 valence electrons. The predicted molar refractivity (Wildman–Crippen MR) is 135 cm³/mol. The summed E-state index contributed by atoms with van der Waals surface area (Å²) in [6.07, 6.45) is 0.815. The van der Waals surface area contributed by atoms with Crippen LogP contribution in [0.2, 0.25) is 0 Å². The molecule has 0 unspecified atom stereocenters. The molecule has 4 aromatic carbocycles. The van der Waals surface area contributed by atoms with Gasteiger partial charge in [0, 0.05) is 12.0 Å². The maximum atomic E-state index is 12.9. The van der Waals surface area contributed by atoms with Gasteiger partial charge in [-0.3, -0.25) is 4.79 Å². The van der Waals surface area contributed by atoms with E-state index in [0.29, 0.717) is 36.0 Å². The summed E-state index contributed by atoms with van der Waals surface area (Å²) in [4.78, 5) is 12.9. The number of carbonyl (C=O) groups excluding carboxylic acids is 1. The molecule has 33 heavy (non-hydrogen) atoms. The van der Waals surface area contributed by atoms with Gasteiger partial charge in [-0.2, -0.15) is 0 Å². The predicted octanol–water partition coefficient (Wildman–Crippen LogP) is 6.90. The van der Waals surface area contributed by atoms with E-state index in [0.717, 1.165) is 16.5 Å². The first-order chi connectivity index (χ1) is 16.2. The summed E-state index contributed by atoms with van der Waals surface area (Å²) in [6, 6.07) is 32.9. The zero-order chi connectivity index (χ0) is 22.9. The van der Waals surface area contributed by atoms with Crippen LogP contribution in [0.15, 0.2) is 108 Å². The average Bonchev–Trinajstić information content (AvgIpc) is 2.86. The number of rotatable bonds is 9. The number of anilines is 1. The van der Waals surface area contributed by atoms with Gasteiger partial charge in [0.1, 0.15) is 18.1 Å². The van der Waals surface area contributed by atoms with Crippen molar-refractivity contribution in [2.75, 3.05) is 11.9 Å². The molecule has 0 saturated carbocycles. The Morgan fingerprint density at radius 2 is 1.39 bits per heavy atom. The van der Waals surface area contributed by atoms with Gasteiger partial charge in [0.05, 0.1) is 16.8 Å². The Kier molecular flexibility index (Phi) is 7.77. The van der Waals surface area contributed by atoms with E-state index >= 15 is 0 Å². The van der Waals surface area contributed by atoms with Crippen LogP contribution in [-0.2, 0) is 13.0 Å². The van der Waals surface area contributed by atoms with Crippen LogP contribution in [0.25, 0.3) is 0 Å². The minimum atomic E-state index is -0.220. The van der Waals surface area contributed by atoms with E-state index in [1.807, 2.05) is 78.9 Å². The Bertz CT molecular complexity index is 1200. The number of carbonyl (C=O) groups is 1. The second-order valence-electron chi connectivity index (χ2n) is 7.45. The third kappa shape index (κ3) is 6.46. The third-order valence-corrected chi connectivity index (χ3v) is 5.68. The summed E-state index contributed by atoms with van der Waals surface area (Å²) in [6.45, 7) is 0.981. The first kappa shape index (κ1) is 22.6. The van der Waals surface area contributed by atoms with E-state index in [2.05, 4.69) is 33.4 Å². The van der Waals surface area contributed by atoms with Gasteiger partial charge in [-0.05, 0) is 57.4 Å². The van der Waals surface area contributed by atoms with Crippen LogP contribution in [-0.4, -0.2) is 12.5 Å². The van der Waals surface area contributed by atoms with E-state index in [4.69, 9.17) is 9.47 Å². The molecule has 5 heteroatoms. The number of ether oxygens (including phenoxy) is 2. The molecule has 0 heterocycles. The van der Waals surface area contributed by atoms with E-state index in [1.165, 1.54) is 5.56 Å². The number of benzene rings is 4. The van der Waals surface area contributed by atoms with Crippen molar-refractivity contribution in [3.05, 3.63) is 124 Å². The Hall–Kier alpha value is -3.57. The molecule has 0 aromatic heterocycles. The molecule has 0 bridgehead atoms. The van der Waals surface area contributed by atoms with Crippen LogP contribution in [0.5, 0.6) is 11.5 Å². The van der Waals surface area contributed by atoms with Crippen LogP contribution >= 0.6 is 15.9 Å². The highest BCUT2D eigenvalue weighted by Gasteiger charge is 2.12. The van der Waals surface area contributed by atoms with Crippen molar-refractivity contribution in [2.24, 2.45) is 0 Å². The van der Waals surface area contributed by atoms with Crippen LogP contribution in [0.4, 0.5) is 5.69 Å². The fourth-order valence-corrected chi connectivity index (χ4v) is 3.80. The Morgan fingerprint density at radius 3 is 2.12 bits per heavy atom. The summed E-state index contributed by atoms with van der Waals surface area (Å²) >= 11 is 3.52. The quantitative estimate of drug-likeness (QED) is 0.271. The van der Waals surface area contributed by atoms with E-state index in [1.54, 1.807) is 12.1 Å². The second kappa shape index (κ2) is 11.3. The lowest BCUT2D eigenvalue weighted by Crippen LogP contribution is -2.13. The monoisotopic (exact) mass is 501 g/mol. The highest BCUT2D eigenvalue weighted by Crippen LogP contribution is 2.28. The number of hydrogen-bond donors (Lipinski definition) is 1. The lowest BCUT2D eigenvalue weighted by molar-refractivity contribution is 0.102. The molecule has 4 rings (SSSR count). The first-order valence-corrected chi connectivity index (χ1v) is 11.5. The second-order valence-corrected chi connectivity index (χ2v) is 8.31. The maximum absolute atomic E-state index is 12.9. The Morgan fingerprint density at radius 1 is 0.727 bits per heavy atom. The van der Waals surface area contributed by atoms with Crippen LogP contribution in [0, 0.1) is 0 Å². The minimum Gasteiger partial charge on any atom is -0.492 e. The highest BCUT2D eigenvalue weighted by molar-refractivity contribution is 9.10. The number of amides is 1. The van der Waals surface area contributed by atoms with Crippen molar-refractivity contribution in [2.45, 2.75) is 13.0 Å². The van der Waals surface area contributed by atoms with Gasteiger partial charge in [-0.25, -0.2) is 0 Å². The molecule has 4 nitrogen and oxygen atoms in total. The molecule has 0 aliphatic carbocycles. The molecule has 0 aliphatic rings. The van der Waals surface area contributed by atoms with Crippen molar-refractivity contribution in [3.8, 4) is 11.5 Å². The minimum absolute atomic E-state index is 0.220. The maximum Gasteiger partial charge on any atom is 0.255 e. The van der Waals surface area contributed by atoms with Gasteiger partial charge >= 0.3 is 0 Å². The van der Waals surface area contributed by atoms with Crippen LogP contribution in [0.1, 0.15) is 21.5 Å². The summed E-state index contributed by atoms with van der Waals surface area (Å²) in [7, 11) is 0. The normalized spacial score (nSPS) is 10.5. The molecule has 1 amide bonds. The van der Waals surface area contributed by atoms with Gasteiger partial charge in [0.15, 0.2) is 0 Å². The van der Waals surface area contributed by atoms with Crippen molar-refractivity contribution in [3.63, 3.8) is 0 Å². The van der Waals surface area contributed by atoms with Crippen molar-refractivity contribution in [1.82, 2.24) is 0 Å². The molecule has 4 aromatic rings. The van der Waals surface area contributed by atoms with E-state index < -0.39 is 0 Å². The summed E-state index contributed by atoms with van der Waals surface area (Å²) in [5.74, 6) is 1.10. The lowest BCUT2D eigenvalue weighted by atomic mass is 10.1. The van der Waals surface area contributed by atoms with Gasteiger partial charge in [-0.15, -0.1) is 0 Å². The number of para-hydroxylation sites is 2. The Balaban J connectivity index is 1.37.